The second-order valence-electron chi connectivity index (χ2n) is 4.78. The molecule has 0 saturated carbocycles. The highest BCUT2D eigenvalue weighted by atomic mass is 19.1. The summed E-state index contributed by atoms with van der Waals surface area (Å²) in [5.41, 5.74) is 2.05. The van der Waals surface area contributed by atoms with Crippen LogP contribution in [0, 0.1) is 17.1 Å². The van der Waals surface area contributed by atoms with Crippen LogP contribution in [0.4, 0.5) is 4.39 Å². The Morgan fingerprint density at radius 3 is 2.95 bits per heavy atom. The number of nitrogens with one attached hydrogen (secondary N) is 1. The first kappa shape index (κ1) is 15.2. The zero-order chi connectivity index (χ0) is 15.1. The van der Waals surface area contributed by atoms with E-state index in [4.69, 9.17) is 10.00 Å². The minimum absolute atomic E-state index is 0.340. The highest BCUT2D eigenvalue weighted by Crippen LogP contribution is 2.12. The number of nitrogens with zero attached hydrogens (tertiary/aromatic N) is 2. The van der Waals surface area contributed by atoms with Crippen molar-refractivity contribution < 1.29 is 9.13 Å². The van der Waals surface area contributed by atoms with E-state index in [0.29, 0.717) is 24.3 Å². The van der Waals surface area contributed by atoms with Gasteiger partial charge in [-0.15, -0.1) is 0 Å². The molecule has 21 heavy (non-hydrogen) atoms. The third kappa shape index (κ3) is 4.42. The van der Waals surface area contributed by atoms with Crippen LogP contribution < -0.4 is 5.32 Å². The molecule has 1 aromatic carbocycles. The number of nitriles is 1. The normalized spacial score (nSPS) is 10.5. The third-order valence-electron chi connectivity index (χ3n) is 3.16. The van der Waals surface area contributed by atoms with Gasteiger partial charge in [0.05, 0.1) is 18.2 Å². The summed E-state index contributed by atoms with van der Waals surface area (Å²) in [6.07, 6.45) is 3.91. The number of hydrogen-bond donors (Lipinski definition) is 1. The molecule has 0 amide bonds. The molecule has 0 aliphatic heterocycles. The first-order chi connectivity index (χ1) is 10.2. The molecule has 2 aromatic rings. The van der Waals surface area contributed by atoms with Crippen LogP contribution in [0.3, 0.4) is 0 Å². The number of halogens is 1. The molecule has 2 rings (SSSR count). The molecule has 0 atom stereocenters. The summed E-state index contributed by atoms with van der Waals surface area (Å²) in [5.74, 6) is -0.345. The predicted molar refractivity (Wildman–Crippen MR) is 78.2 cm³/mol. The molecule has 0 aliphatic carbocycles. The molecule has 0 radical (unpaired) electrons. The zero-order valence-corrected chi connectivity index (χ0v) is 12.0. The van der Waals surface area contributed by atoms with Gasteiger partial charge in [-0.25, -0.2) is 4.39 Å². The van der Waals surface area contributed by atoms with Gasteiger partial charge in [0.15, 0.2) is 0 Å². The largest absolute Gasteiger partial charge is 0.383 e. The van der Waals surface area contributed by atoms with Crippen molar-refractivity contribution in [2.75, 3.05) is 20.3 Å². The summed E-state index contributed by atoms with van der Waals surface area (Å²) in [6.45, 7) is 2.69. The molecule has 1 aromatic heterocycles. The maximum atomic E-state index is 13.8. The fraction of sp³-hybridized carbons (Fsp3) is 0.312. The lowest BCUT2D eigenvalue weighted by Crippen LogP contribution is -2.18. The van der Waals surface area contributed by atoms with E-state index in [9.17, 15) is 4.39 Å². The van der Waals surface area contributed by atoms with Gasteiger partial charge in [-0.2, -0.15) is 5.26 Å². The Morgan fingerprint density at radius 1 is 1.38 bits per heavy atom. The van der Waals surface area contributed by atoms with Crippen molar-refractivity contribution >= 4 is 0 Å². The number of hydrogen-bond acceptors (Lipinski definition) is 3. The van der Waals surface area contributed by atoms with Crippen molar-refractivity contribution in [2.45, 2.75) is 13.1 Å². The van der Waals surface area contributed by atoms with E-state index < -0.39 is 0 Å². The van der Waals surface area contributed by atoms with Crippen molar-refractivity contribution in [2.24, 2.45) is 0 Å². The number of rotatable bonds is 7. The lowest BCUT2D eigenvalue weighted by Gasteiger charge is -2.05. The van der Waals surface area contributed by atoms with Crippen LogP contribution in [-0.4, -0.2) is 24.8 Å². The summed E-state index contributed by atoms with van der Waals surface area (Å²) < 4.78 is 20.7. The number of ether oxygens (including phenoxy) is 1. The van der Waals surface area contributed by atoms with Crippen molar-refractivity contribution in [3.63, 3.8) is 0 Å². The summed E-state index contributed by atoms with van der Waals surface area (Å²) in [4.78, 5) is 0. The second-order valence-corrected chi connectivity index (χ2v) is 4.78. The first-order valence-corrected chi connectivity index (χ1v) is 6.76. The maximum Gasteiger partial charge on any atom is 0.129 e. The van der Waals surface area contributed by atoms with Gasteiger partial charge in [0, 0.05) is 44.7 Å². The molecule has 0 saturated heterocycles. The van der Waals surface area contributed by atoms with Gasteiger partial charge in [0.25, 0.3) is 0 Å². The van der Waals surface area contributed by atoms with Gasteiger partial charge in [-0.3, -0.25) is 0 Å². The van der Waals surface area contributed by atoms with Gasteiger partial charge in [0.1, 0.15) is 5.82 Å². The Labute approximate surface area is 123 Å². The minimum Gasteiger partial charge on any atom is -0.383 e. The molecule has 0 fully saturated rings. The number of aromatic nitrogens is 1. The van der Waals surface area contributed by atoms with Gasteiger partial charge in [-0.1, -0.05) is 6.07 Å². The van der Waals surface area contributed by atoms with Crippen molar-refractivity contribution in [3.8, 4) is 6.07 Å². The molecule has 0 unspecified atom stereocenters. The second kappa shape index (κ2) is 7.58. The van der Waals surface area contributed by atoms with Crippen LogP contribution in [0.25, 0.3) is 0 Å². The smallest absolute Gasteiger partial charge is 0.129 e. The molecular weight excluding hydrogens is 269 g/mol. The van der Waals surface area contributed by atoms with E-state index in [0.717, 1.165) is 18.7 Å². The van der Waals surface area contributed by atoms with E-state index in [1.54, 1.807) is 19.2 Å². The van der Waals surface area contributed by atoms with Crippen LogP contribution >= 0.6 is 0 Å². The van der Waals surface area contributed by atoms with E-state index in [1.807, 2.05) is 29.1 Å². The van der Waals surface area contributed by atoms with Gasteiger partial charge in [0.2, 0.25) is 0 Å². The van der Waals surface area contributed by atoms with Crippen LogP contribution in [0.1, 0.15) is 16.7 Å². The number of methoxy groups -OCH3 is 1. The lowest BCUT2D eigenvalue weighted by atomic mass is 10.1. The fourth-order valence-electron chi connectivity index (χ4n) is 2.04. The predicted octanol–water partition coefficient (Wildman–Crippen LogP) is 2.28. The molecular formula is C16H18FN3O. The molecule has 0 spiro atoms. The van der Waals surface area contributed by atoms with Crippen molar-refractivity contribution in [1.29, 1.82) is 5.26 Å². The first-order valence-electron chi connectivity index (χ1n) is 6.76. The molecule has 0 aliphatic rings. The third-order valence-corrected chi connectivity index (χ3v) is 3.16. The van der Waals surface area contributed by atoms with Crippen molar-refractivity contribution in [3.05, 3.63) is 59.2 Å². The minimum atomic E-state index is -0.345. The van der Waals surface area contributed by atoms with Gasteiger partial charge < -0.3 is 14.6 Å². The van der Waals surface area contributed by atoms with E-state index in [-0.39, 0.29) is 5.82 Å². The summed E-state index contributed by atoms with van der Waals surface area (Å²) in [5, 5.41) is 12.0. The van der Waals surface area contributed by atoms with E-state index in [2.05, 4.69) is 5.32 Å². The topological polar surface area (TPSA) is 50.0 Å². The highest BCUT2D eigenvalue weighted by molar-refractivity contribution is 5.33. The van der Waals surface area contributed by atoms with E-state index >= 15 is 0 Å². The van der Waals surface area contributed by atoms with Crippen LogP contribution in [-0.2, 0) is 17.8 Å². The SMILES string of the molecule is COCCNCc1ccn(Cc2ccc(C#N)cc2F)c1. The molecule has 110 valence electrons. The average molecular weight is 287 g/mol. The molecule has 5 heteroatoms. The van der Waals surface area contributed by atoms with Crippen LogP contribution in [0.15, 0.2) is 36.7 Å². The summed E-state index contributed by atoms with van der Waals surface area (Å²) in [7, 11) is 1.67. The highest BCUT2D eigenvalue weighted by Gasteiger charge is 2.05. The van der Waals surface area contributed by atoms with Crippen LogP contribution in [0.5, 0.6) is 0 Å². The zero-order valence-electron chi connectivity index (χ0n) is 12.0. The Hall–Kier alpha value is -2.16. The summed E-state index contributed by atoms with van der Waals surface area (Å²) >= 11 is 0. The maximum absolute atomic E-state index is 13.8. The average Bonchev–Trinajstić information content (AvgIpc) is 2.93. The fourth-order valence-corrected chi connectivity index (χ4v) is 2.04. The van der Waals surface area contributed by atoms with Crippen molar-refractivity contribution in [1.82, 2.24) is 9.88 Å². The Kier molecular flexibility index (Phi) is 5.50. The van der Waals surface area contributed by atoms with Gasteiger partial charge >= 0.3 is 0 Å². The molecule has 0 bridgehead atoms. The summed E-state index contributed by atoms with van der Waals surface area (Å²) in [6, 6.07) is 8.49. The number of benzene rings is 1. The van der Waals surface area contributed by atoms with Crippen LogP contribution in [0.2, 0.25) is 0 Å². The monoisotopic (exact) mass is 287 g/mol. The Balaban J connectivity index is 1.95. The Bertz CT molecular complexity index is 631. The van der Waals surface area contributed by atoms with E-state index in [1.165, 1.54) is 6.07 Å². The molecule has 1 N–H and O–H groups in total. The standard InChI is InChI=1S/C16H18FN3O/c1-21-7-5-19-10-14-4-6-20(11-14)12-15-3-2-13(9-18)8-16(15)17/h2-4,6,8,11,19H,5,7,10,12H2,1H3. The lowest BCUT2D eigenvalue weighted by molar-refractivity contribution is 0.199. The quantitative estimate of drug-likeness (QED) is 0.795. The molecule has 1 heterocycles. The Morgan fingerprint density at radius 2 is 2.24 bits per heavy atom. The van der Waals surface area contributed by atoms with Gasteiger partial charge in [-0.05, 0) is 23.8 Å². The molecule has 4 nitrogen and oxygen atoms in total.